The number of benzene rings is 2. The fourth-order valence-electron chi connectivity index (χ4n) is 1.35. The van der Waals surface area contributed by atoms with Crippen LogP contribution in [0.4, 0.5) is 5.69 Å². The van der Waals surface area contributed by atoms with Crippen LogP contribution in [-0.4, -0.2) is 16.4 Å². The van der Waals surface area contributed by atoms with Gasteiger partial charge in [0.1, 0.15) is 11.5 Å². The molecule has 4 heteroatoms. The maximum Gasteiger partial charge on any atom is 0.128 e. The van der Waals surface area contributed by atoms with Gasteiger partial charge in [0.15, 0.2) is 0 Å². The van der Waals surface area contributed by atoms with Crippen LogP contribution in [-0.2, 0) is 0 Å². The topological polar surface area (TPSA) is 52.8 Å². The molecule has 0 radical (unpaired) electrons. The first-order chi connectivity index (χ1) is 8.16. The summed E-state index contributed by atoms with van der Waals surface area (Å²) >= 11 is 4.27. The molecule has 0 heterocycles. The van der Waals surface area contributed by atoms with Gasteiger partial charge in [-0.1, -0.05) is 12.1 Å². The molecule has 0 aliphatic heterocycles. The molecule has 0 aromatic heterocycles. The fourth-order valence-corrected chi connectivity index (χ4v) is 1.57. The summed E-state index contributed by atoms with van der Waals surface area (Å²) in [6.45, 7) is 0. The number of aliphatic imine (C=N–C) groups is 1. The summed E-state index contributed by atoms with van der Waals surface area (Å²) in [6, 6.07) is 11.8. The highest BCUT2D eigenvalue weighted by molar-refractivity contribution is 7.80. The monoisotopic (exact) mass is 245 g/mol. The van der Waals surface area contributed by atoms with E-state index >= 15 is 0 Å². The number of rotatable bonds is 2. The van der Waals surface area contributed by atoms with E-state index in [9.17, 15) is 5.11 Å². The summed E-state index contributed by atoms with van der Waals surface area (Å²) in [4.78, 5) is 4.99. The van der Waals surface area contributed by atoms with E-state index < -0.39 is 0 Å². The Bertz CT molecular complexity index is 567. The van der Waals surface area contributed by atoms with Crippen LogP contribution < -0.4 is 0 Å². The summed E-state index contributed by atoms with van der Waals surface area (Å²) in [6.07, 6.45) is 1.53. The zero-order valence-electron chi connectivity index (χ0n) is 8.91. The van der Waals surface area contributed by atoms with Crippen molar-refractivity contribution in [3.05, 3.63) is 48.0 Å². The molecule has 0 unspecified atom stereocenters. The highest BCUT2D eigenvalue weighted by atomic mass is 32.1. The molecule has 2 aromatic carbocycles. The van der Waals surface area contributed by atoms with E-state index in [1.54, 1.807) is 6.07 Å². The number of phenolic OH excluding ortho intramolecular Hbond substituents is 2. The fraction of sp³-hybridized carbons (Fsp3) is 0. The van der Waals surface area contributed by atoms with Crippen molar-refractivity contribution in [3.8, 4) is 11.5 Å². The molecule has 0 bridgehead atoms. The quantitative estimate of drug-likeness (QED) is 0.562. The summed E-state index contributed by atoms with van der Waals surface area (Å²) in [5, 5.41) is 18.7. The molecule has 3 nitrogen and oxygen atoms in total. The molecule has 2 rings (SSSR count). The van der Waals surface area contributed by atoms with Crippen LogP contribution in [0.1, 0.15) is 5.56 Å². The maximum absolute atomic E-state index is 9.57. The number of hydrogen-bond donors (Lipinski definition) is 3. The van der Waals surface area contributed by atoms with Crippen LogP contribution in [0.3, 0.4) is 0 Å². The van der Waals surface area contributed by atoms with Gasteiger partial charge in [0, 0.05) is 22.7 Å². The third-order valence-electron chi connectivity index (χ3n) is 2.24. The lowest BCUT2D eigenvalue weighted by molar-refractivity contribution is 0.450. The smallest absolute Gasteiger partial charge is 0.128 e. The van der Waals surface area contributed by atoms with Crippen molar-refractivity contribution in [3.63, 3.8) is 0 Å². The molecule has 2 N–H and O–H groups in total. The van der Waals surface area contributed by atoms with Crippen molar-refractivity contribution < 1.29 is 10.2 Å². The molecule has 0 atom stereocenters. The van der Waals surface area contributed by atoms with Crippen molar-refractivity contribution in [1.82, 2.24) is 0 Å². The third kappa shape index (κ3) is 2.79. The lowest BCUT2D eigenvalue weighted by atomic mass is 10.2. The Morgan fingerprint density at radius 1 is 1.06 bits per heavy atom. The second-order valence-corrected chi connectivity index (χ2v) is 3.97. The van der Waals surface area contributed by atoms with E-state index in [-0.39, 0.29) is 11.5 Å². The number of hydrogen-bond acceptors (Lipinski definition) is 4. The highest BCUT2D eigenvalue weighted by Crippen LogP contribution is 2.24. The van der Waals surface area contributed by atoms with E-state index in [2.05, 4.69) is 17.6 Å². The Kier molecular flexibility index (Phi) is 3.35. The number of aromatic hydroxyl groups is 2. The number of nitrogens with zero attached hydrogens (tertiary/aromatic N) is 1. The molecule has 2 aromatic rings. The van der Waals surface area contributed by atoms with Gasteiger partial charge in [-0.05, 0) is 24.3 Å². The Morgan fingerprint density at radius 3 is 2.53 bits per heavy atom. The van der Waals surface area contributed by atoms with E-state index in [4.69, 9.17) is 5.11 Å². The minimum atomic E-state index is -0.00889. The zero-order chi connectivity index (χ0) is 12.3. The van der Waals surface area contributed by atoms with Gasteiger partial charge in [-0.15, -0.1) is 12.6 Å². The molecule has 0 amide bonds. The van der Waals surface area contributed by atoms with Crippen LogP contribution in [0.15, 0.2) is 52.4 Å². The van der Waals surface area contributed by atoms with Gasteiger partial charge < -0.3 is 10.2 Å². The standard InChI is InChI=1S/C13H11NO2S/c15-10-6-5-9(12(16)7-10)8-14-11-3-1-2-4-13(11)17/h1-8,15-17H. The SMILES string of the molecule is Oc1ccc(C=Nc2ccccc2S)c(O)c1. The second-order valence-electron chi connectivity index (χ2n) is 3.49. The van der Waals surface area contributed by atoms with Crippen molar-refractivity contribution in [2.75, 3.05) is 0 Å². The van der Waals surface area contributed by atoms with Crippen molar-refractivity contribution in [2.45, 2.75) is 4.90 Å². The molecule has 0 fully saturated rings. The van der Waals surface area contributed by atoms with E-state index in [0.717, 1.165) is 10.6 Å². The Hall–Kier alpha value is -1.94. The zero-order valence-corrected chi connectivity index (χ0v) is 9.80. The highest BCUT2D eigenvalue weighted by Gasteiger charge is 1.99. The normalized spacial score (nSPS) is 10.9. The van der Waals surface area contributed by atoms with Gasteiger partial charge in [0.25, 0.3) is 0 Å². The number of phenols is 2. The summed E-state index contributed by atoms with van der Waals surface area (Å²) in [7, 11) is 0. The molecule has 0 saturated heterocycles. The maximum atomic E-state index is 9.57. The van der Waals surface area contributed by atoms with Crippen LogP contribution in [0, 0.1) is 0 Å². The summed E-state index contributed by atoms with van der Waals surface area (Å²) in [5.41, 5.74) is 1.27. The Labute approximate surface area is 104 Å². The first-order valence-electron chi connectivity index (χ1n) is 5.01. The predicted molar refractivity (Wildman–Crippen MR) is 70.7 cm³/mol. The first kappa shape index (κ1) is 11.5. The predicted octanol–water partition coefficient (Wildman–Crippen LogP) is 3.14. The molecule has 17 heavy (non-hydrogen) atoms. The second kappa shape index (κ2) is 4.93. The van der Waals surface area contributed by atoms with Gasteiger partial charge in [-0.3, -0.25) is 4.99 Å². The van der Waals surface area contributed by atoms with Crippen molar-refractivity contribution >= 4 is 24.5 Å². The van der Waals surface area contributed by atoms with Crippen LogP contribution in [0.25, 0.3) is 0 Å². The van der Waals surface area contributed by atoms with E-state index in [0.29, 0.717) is 5.56 Å². The molecular formula is C13H11NO2S. The number of thiol groups is 1. The average molecular weight is 245 g/mol. The Balaban J connectivity index is 2.29. The minimum Gasteiger partial charge on any atom is -0.508 e. The first-order valence-corrected chi connectivity index (χ1v) is 5.45. The molecule has 0 aliphatic carbocycles. The van der Waals surface area contributed by atoms with Crippen molar-refractivity contribution in [2.24, 2.45) is 4.99 Å². The summed E-state index contributed by atoms with van der Waals surface area (Å²) < 4.78 is 0. The molecule has 86 valence electrons. The summed E-state index contributed by atoms with van der Waals surface area (Å²) in [5.74, 6) is 0.0136. The van der Waals surface area contributed by atoms with Gasteiger partial charge in [-0.2, -0.15) is 0 Å². The van der Waals surface area contributed by atoms with E-state index in [1.807, 2.05) is 24.3 Å². The molecule has 0 spiro atoms. The van der Waals surface area contributed by atoms with Gasteiger partial charge in [-0.25, -0.2) is 0 Å². The van der Waals surface area contributed by atoms with Crippen LogP contribution in [0.2, 0.25) is 0 Å². The largest absolute Gasteiger partial charge is 0.508 e. The van der Waals surface area contributed by atoms with Crippen LogP contribution in [0.5, 0.6) is 11.5 Å². The molecule has 0 saturated carbocycles. The molecular weight excluding hydrogens is 234 g/mol. The molecule has 0 aliphatic rings. The minimum absolute atomic E-state index is 0.00889. The van der Waals surface area contributed by atoms with E-state index in [1.165, 1.54) is 18.3 Å². The van der Waals surface area contributed by atoms with Crippen molar-refractivity contribution in [1.29, 1.82) is 0 Å². The van der Waals surface area contributed by atoms with Crippen LogP contribution >= 0.6 is 12.6 Å². The lowest BCUT2D eigenvalue weighted by Gasteiger charge is -2.00. The lowest BCUT2D eigenvalue weighted by Crippen LogP contribution is -1.81. The van der Waals surface area contributed by atoms with Gasteiger partial charge in [0.05, 0.1) is 5.69 Å². The number of para-hydroxylation sites is 1. The van der Waals surface area contributed by atoms with Gasteiger partial charge in [0.2, 0.25) is 0 Å². The third-order valence-corrected chi connectivity index (χ3v) is 2.62. The average Bonchev–Trinajstić information content (AvgIpc) is 2.30. The Morgan fingerprint density at radius 2 is 1.82 bits per heavy atom. The van der Waals surface area contributed by atoms with Gasteiger partial charge >= 0.3 is 0 Å².